The van der Waals surface area contributed by atoms with E-state index in [0.29, 0.717) is 16.0 Å². The first-order valence-electron chi connectivity index (χ1n) is 9.99. The summed E-state index contributed by atoms with van der Waals surface area (Å²) in [5.74, 6) is -1.20. The van der Waals surface area contributed by atoms with Gasteiger partial charge in [-0.3, -0.25) is 9.58 Å². The van der Waals surface area contributed by atoms with E-state index < -0.39 is 5.97 Å². The van der Waals surface area contributed by atoms with Gasteiger partial charge in [0.15, 0.2) is 0 Å². The van der Waals surface area contributed by atoms with E-state index in [-0.39, 0.29) is 5.76 Å². The Bertz CT molecular complexity index is 1240. The van der Waals surface area contributed by atoms with E-state index in [0.717, 1.165) is 44.1 Å². The van der Waals surface area contributed by atoms with Crippen molar-refractivity contribution in [1.29, 1.82) is 0 Å². The number of carbonyl (C=O) groups is 1. The second-order valence-corrected chi connectivity index (χ2v) is 8.94. The number of hydrogen-bond acceptors (Lipinski definition) is 6. The Morgan fingerprint density at radius 2 is 2.03 bits per heavy atom. The zero-order valence-electron chi connectivity index (χ0n) is 16.9. The predicted octanol–water partition coefficient (Wildman–Crippen LogP) is 4.57. The van der Waals surface area contributed by atoms with E-state index in [1.165, 1.54) is 16.6 Å². The number of aryl methyl sites for hydroxylation is 1. The normalized spacial score (nSPS) is 15.1. The smallest absolute Gasteiger partial charge is 0.371 e. The number of carboxylic acid groups (broad SMARTS) is 1. The number of hydrogen-bond donors (Lipinski definition) is 1. The fraction of sp³-hybridized carbons (Fsp3) is 0.273. The van der Waals surface area contributed by atoms with E-state index in [9.17, 15) is 4.79 Å². The molecule has 3 aromatic heterocycles. The van der Waals surface area contributed by atoms with Crippen LogP contribution in [0.25, 0.3) is 21.5 Å². The minimum Gasteiger partial charge on any atom is -0.475 e. The summed E-state index contributed by atoms with van der Waals surface area (Å²) in [4.78, 5) is 17.0. The highest BCUT2D eigenvalue weighted by Crippen LogP contribution is 2.36. The number of aromatic carboxylic acids is 1. The standard InChI is InChI=1S/C22H21ClN4O3S/c1-25-14(11-16(24-25)20-3-2-10-31-20)13-26-6-8-27(9-7-26)17-4-5-18-15(21(17)23)12-19(30-18)22(28)29/h2-5,10-12H,6-9,13H2,1H3,(H,28,29). The van der Waals surface area contributed by atoms with E-state index in [1.807, 2.05) is 23.9 Å². The highest BCUT2D eigenvalue weighted by Gasteiger charge is 2.22. The van der Waals surface area contributed by atoms with Gasteiger partial charge >= 0.3 is 5.97 Å². The third-order valence-electron chi connectivity index (χ3n) is 5.67. The molecule has 0 radical (unpaired) electrons. The Labute approximate surface area is 188 Å². The molecule has 1 aliphatic rings. The summed E-state index contributed by atoms with van der Waals surface area (Å²) in [6.45, 7) is 4.33. The van der Waals surface area contributed by atoms with Gasteiger partial charge in [0, 0.05) is 51.2 Å². The van der Waals surface area contributed by atoms with E-state index in [4.69, 9.17) is 21.1 Å². The highest BCUT2D eigenvalue weighted by atomic mass is 35.5. The van der Waals surface area contributed by atoms with Crippen molar-refractivity contribution in [1.82, 2.24) is 14.7 Å². The molecule has 7 nitrogen and oxygen atoms in total. The number of piperazine rings is 1. The topological polar surface area (TPSA) is 74.7 Å². The number of nitrogens with zero attached hydrogens (tertiary/aromatic N) is 4. The van der Waals surface area contributed by atoms with Crippen LogP contribution >= 0.6 is 22.9 Å². The largest absolute Gasteiger partial charge is 0.475 e. The second kappa shape index (κ2) is 8.03. The first-order valence-corrected chi connectivity index (χ1v) is 11.2. The average Bonchev–Trinajstić information content (AvgIpc) is 3.49. The number of fused-ring (bicyclic) bond motifs is 1. The molecule has 0 atom stereocenters. The van der Waals surface area contributed by atoms with Gasteiger partial charge in [0.25, 0.3) is 0 Å². The molecule has 1 fully saturated rings. The molecule has 160 valence electrons. The van der Waals surface area contributed by atoms with Gasteiger partial charge in [0.1, 0.15) is 11.3 Å². The van der Waals surface area contributed by atoms with Crippen LogP contribution in [-0.4, -0.2) is 51.9 Å². The van der Waals surface area contributed by atoms with Crippen LogP contribution in [0.4, 0.5) is 5.69 Å². The van der Waals surface area contributed by atoms with Gasteiger partial charge in [-0.2, -0.15) is 5.10 Å². The maximum atomic E-state index is 11.2. The maximum Gasteiger partial charge on any atom is 0.371 e. The molecule has 1 aliphatic heterocycles. The molecule has 0 unspecified atom stereocenters. The van der Waals surface area contributed by atoms with Crippen molar-refractivity contribution in [3.63, 3.8) is 0 Å². The Hall–Kier alpha value is -2.81. The van der Waals surface area contributed by atoms with Gasteiger partial charge in [-0.15, -0.1) is 11.3 Å². The Balaban J connectivity index is 1.28. The number of carboxylic acids is 1. The lowest BCUT2D eigenvalue weighted by molar-refractivity contribution is 0.0665. The van der Waals surface area contributed by atoms with Gasteiger partial charge in [-0.05, 0) is 29.6 Å². The molecule has 0 saturated carbocycles. The fourth-order valence-electron chi connectivity index (χ4n) is 3.99. The van der Waals surface area contributed by atoms with Crippen molar-refractivity contribution >= 4 is 45.6 Å². The molecule has 0 spiro atoms. The molecular weight excluding hydrogens is 436 g/mol. The van der Waals surface area contributed by atoms with E-state index in [1.54, 1.807) is 17.4 Å². The van der Waals surface area contributed by atoms with Crippen LogP contribution in [0.1, 0.15) is 16.2 Å². The molecule has 0 amide bonds. The van der Waals surface area contributed by atoms with Crippen molar-refractivity contribution in [2.24, 2.45) is 7.05 Å². The summed E-state index contributed by atoms with van der Waals surface area (Å²) < 4.78 is 7.32. The number of thiophene rings is 1. The van der Waals surface area contributed by atoms with Crippen LogP contribution in [0.2, 0.25) is 5.02 Å². The lowest BCUT2D eigenvalue weighted by Crippen LogP contribution is -2.46. The molecule has 1 aromatic carbocycles. The minimum absolute atomic E-state index is 0.100. The second-order valence-electron chi connectivity index (χ2n) is 7.61. The predicted molar refractivity (Wildman–Crippen MR) is 122 cm³/mol. The van der Waals surface area contributed by atoms with Gasteiger partial charge in [-0.25, -0.2) is 4.79 Å². The van der Waals surface area contributed by atoms with Crippen LogP contribution < -0.4 is 4.90 Å². The minimum atomic E-state index is -1.10. The first kappa shape index (κ1) is 20.1. The van der Waals surface area contributed by atoms with Crippen molar-refractivity contribution in [3.8, 4) is 10.6 Å². The van der Waals surface area contributed by atoms with Crippen LogP contribution in [0.15, 0.2) is 46.2 Å². The molecule has 1 saturated heterocycles. The Morgan fingerprint density at radius 1 is 1.23 bits per heavy atom. The summed E-state index contributed by atoms with van der Waals surface area (Å²) in [7, 11) is 1.99. The van der Waals surface area contributed by atoms with Crippen molar-refractivity contribution < 1.29 is 14.3 Å². The summed E-state index contributed by atoms with van der Waals surface area (Å²) in [6.07, 6.45) is 0. The zero-order valence-corrected chi connectivity index (χ0v) is 18.5. The third-order valence-corrected chi connectivity index (χ3v) is 6.96. The molecule has 5 rings (SSSR count). The Morgan fingerprint density at radius 3 is 2.74 bits per heavy atom. The molecule has 9 heteroatoms. The summed E-state index contributed by atoms with van der Waals surface area (Å²) >= 11 is 8.31. The number of furan rings is 1. The van der Waals surface area contributed by atoms with Gasteiger partial charge in [0.2, 0.25) is 5.76 Å². The number of aromatic nitrogens is 2. The SMILES string of the molecule is Cn1nc(-c2cccs2)cc1CN1CCN(c2ccc3oc(C(=O)O)cc3c2Cl)CC1. The monoisotopic (exact) mass is 456 g/mol. The lowest BCUT2D eigenvalue weighted by atomic mass is 10.2. The van der Waals surface area contributed by atoms with Gasteiger partial charge in [0.05, 0.1) is 21.3 Å². The van der Waals surface area contributed by atoms with Crippen molar-refractivity contribution in [2.45, 2.75) is 6.54 Å². The third kappa shape index (κ3) is 3.82. The fourth-order valence-corrected chi connectivity index (χ4v) is 5.00. The molecule has 1 N–H and O–H groups in total. The van der Waals surface area contributed by atoms with Crippen molar-refractivity contribution in [3.05, 3.63) is 58.3 Å². The van der Waals surface area contributed by atoms with Gasteiger partial charge in [-0.1, -0.05) is 17.7 Å². The number of benzene rings is 1. The maximum absolute atomic E-state index is 11.2. The number of anilines is 1. The molecular formula is C22H21ClN4O3S. The van der Waals surface area contributed by atoms with Crippen LogP contribution in [0.5, 0.6) is 0 Å². The van der Waals surface area contributed by atoms with Crippen LogP contribution in [0.3, 0.4) is 0 Å². The molecule has 4 heterocycles. The Kier molecular flexibility index (Phi) is 5.21. The summed E-state index contributed by atoms with van der Waals surface area (Å²) in [6, 6.07) is 11.5. The number of halogens is 1. The zero-order chi connectivity index (χ0) is 21.5. The summed E-state index contributed by atoms with van der Waals surface area (Å²) in [5.41, 5.74) is 3.61. The van der Waals surface area contributed by atoms with Crippen LogP contribution in [0, 0.1) is 0 Å². The molecule has 4 aromatic rings. The average molecular weight is 457 g/mol. The molecule has 0 bridgehead atoms. The molecule has 0 aliphatic carbocycles. The van der Waals surface area contributed by atoms with Gasteiger partial charge < -0.3 is 14.4 Å². The summed E-state index contributed by atoms with van der Waals surface area (Å²) in [5, 5.41) is 17.1. The molecule has 31 heavy (non-hydrogen) atoms. The quantitative estimate of drug-likeness (QED) is 0.474. The lowest BCUT2D eigenvalue weighted by Gasteiger charge is -2.36. The van der Waals surface area contributed by atoms with Crippen molar-refractivity contribution in [2.75, 3.05) is 31.1 Å². The first-order chi connectivity index (χ1) is 15.0. The highest BCUT2D eigenvalue weighted by molar-refractivity contribution is 7.13. The number of rotatable bonds is 5. The van der Waals surface area contributed by atoms with E-state index in [2.05, 4.69) is 32.4 Å². The van der Waals surface area contributed by atoms with Crippen LogP contribution in [-0.2, 0) is 13.6 Å². The van der Waals surface area contributed by atoms with E-state index >= 15 is 0 Å².